The third kappa shape index (κ3) is 5.08. The van der Waals surface area contributed by atoms with Gasteiger partial charge in [-0.2, -0.15) is 0 Å². The summed E-state index contributed by atoms with van der Waals surface area (Å²) in [5, 5.41) is 3.58. The van der Waals surface area contributed by atoms with Gasteiger partial charge in [0.25, 0.3) is 0 Å². The molecular formula is C19H32N6. The van der Waals surface area contributed by atoms with Gasteiger partial charge in [0.1, 0.15) is 5.82 Å². The second kappa shape index (κ2) is 9.04. The molecule has 0 bridgehead atoms. The summed E-state index contributed by atoms with van der Waals surface area (Å²) in [5.74, 6) is 2.75. The molecule has 1 atom stereocenters. The van der Waals surface area contributed by atoms with E-state index in [1.54, 1.807) is 0 Å². The lowest BCUT2D eigenvalue weighted by Gasteiger charge is -2.37. The van der Waals surface area contributed by atoms with Gasteiger partial charge in [-0.1, -0.05) is 13.0 Å². The molecule has 0 amide bonds. The Hall–Kier alpha value is -1.82. The smallest absolute Gasteiger partial charge is 0.193 e. The Morgan fingerprint density at radius 2 is 1.92 bits per heavy atom. The van der Waals surface area contributed by atoms with Gasteiger partial charge in [-0.25, -0.2) is 4.98 Å². The van der Waals surface area contributed by atoms with Gasteiger partial charge in [0.15, 0.2) is 5.96 Å². The highest BCUT2D eigenvalue weighted by Gasteiger charge is 2.21. The van der Waals surface area contributed by atoms with E-state index in [2.05, 4.69) is 49.0 Å². The number of hydrogen-bond donors (Lipinski definition) is 1. The van der Waals surface area contributed by atoms with E-state index >= 15 is 0 Å². The van der Waals surface area contributed by atoms with E-state index in [0.29, 0.717) is 5.92 Å². The predicted octanol–water partition coefficient (Wildman–Crippen LogP) is 1.51. The van der Waals surface area contributed by atoms with E-state index in [-0.39, 0.29) is 0 Å². The van der Waals surface area contributed by atoms with E-state index in [1.807, 2.05) is 19.3 Å². The average Bonchev–Trinajstić information content (AvgIpc) is 3.16. The van der Waals surface area contributed by atoms with Crippen molar-refractivity contribution < 1.29 is 0 Å². The first-order valence-corrected chi connectivity index (χ1v) is 9.60. The standard InChI is InChI=1S/C19H32N6/c1-17(16-23-9-5-6-10-23)15-22-19(20-2)25-13-11-24(12-14-25)18-7-3-4-8-21-18/h3-4,7-8,17H,5-6,9-16H2,1-2H3,(H,20,22). The van der Waals surface area contributed by atoms with Crippen molar-refractivity contribution in [1.29, 1.82) is 0 Å². The quantitative estimate of drug-likeness (QED) is 0.648. The molecule has 6 heteroatoms. The number of guanidine groups is 1. The van der Waals surface area contributed by atoms with Crippen molar-refractivity contribution in [2.24, 2.45) is 10.9 Å². The zero-order chi connectivity index (χ0) is 17.5. The third-order valence-corrected chi connectivity index (χ3v) is 5.14. The van der Waals surface area contributed by atoms with Gasteiger partial charge in [0, 0.05) is 52.5 Å². The number of rotatable bonds is 5. The fourth-order valence-electron chi connectivity index (χ4n) is 3.76. The monoisotopic (exact) mass is 344 g/mol. The molecule has 1 N–H and O–H groups in total. The van der Waals surface area contributed by atoms with Crippen molar-refractivity contribution in [2.75, 3.05) is 64.3 Å². The van der Waals surface area contributed by atoms with Crippen molar-refractivity contribution in [2.45, 2.75) is 19.8 Å². The number of piperazine rings is 1. The van der Waals surface area contributed by atoms with Crippen LogP contribution in [0.15, 0.2) is 29.4 Å². The number of nitrogens with zero attached hydrogens (tertiary/aromatic N) is 5. The number of likely N-dealkylation sites (tertiary alicyclic amines) is 1. The maximum atomic E-state index is 4.50. The van der Waals surface area contributed by atoms with E-state index in [1.165, 1.54) is 32.5 Å². The highest BCUT2D eigenvalue weighted by atomic mass is 15.4. The number of anilines is 1. The first kappa shape index (κ1) is 18.0. The maximum absolute atomic E-state index is 4.50. The van der Waals surface area contributed by atoms with Gasteiger partial charge < -0.3 is 20.0 Å². The zero-order valence-electron chi connectivity index (χ0n) is 15.7. The number of pyridine rings is 1. The van der Waals surface area contributed by atoms with Crippen LogP contribution in [0.3, 0.4) is 0 Å². The van der Waals surface area contributed by atoms with Gasteiger partial charge in [0.2, 0.25) is 0 Å². The van der Waals surface area contributed by atoms with E-state index in [4.69, 9.17) is 0 Å². The Kier molecular flexibility index (Phi) is 6.50. The molecule has 0 spiro atoms. The minimum atomic E-state index is 0.643. The number of aliphatic imine (C=N–C) groups is 1. The van der Waals surface area contributed by atoms with Crippen molar-refractivity contribution in [1.82, 2.24) is 20.1 Å². The summed E-state index contributed by atoms with van der Waals surface area (Å²) in [4.78, 5) is 16.2. The van der Waals surface area contributed by atoms with Crippen LogP contribution in [0.5, 0.6) is 0 Å². The second-order valence-corrected chi connectivity index (χ2v) is 7.20. The minimum absolute atomic E-state index is 0.643. The first-order chi connectivity index (χ1) is 12.3. The van der Waals surface area contributed by atoms with Gasteiger partial charge in [-0.05, 0) is 44.0 Å². The second-order valence-electron chi connectivity index (χ2n) is 7.20. The van der Waals surface area contributed by atoms with Crippen LogP contribution in [-0.2, 0) is 0 Å². The Morgan fingerprint density at radius 3 is 2.56 bits per heavy atom. The summed E-state index contributed by atoms with van der Waals surface area (Å²) >= 11 is 0. The average molecular weight is 345 g/mol. The molecule has 2 saturated heterocycles. The first-order valence-electron chi connectivity index (χ1n) is 9.60. The third-order valence-electron chi connectivity index (χ3n) is 5.14. The van der Waals surface area contributed by atoms with Crippen molar-refractivity contribution >= 4 is 11.8 Å². The molecule has 2 aliphatic heterocycles. The van der Waals surface area contributed by atoms with Crippen LogP contribution in [0, 0.1) is 5.92 Å². The lowest BCUT2D eigenvalue weighted by atomic mass is 10.1. The molecule has 0 radical (unpaired) electrons. The van der Waals surface area contributed by atoms with Crippen LogP contribution in [0.4, 0.5) is 5.82 Å². The Bertz CT molecular complexity index is 532. The molecule has 1 aromatic rings. The fourth-order valence-corrected chi connectivity index (χ4v) is 3.76. The molecule has 2 fully saturated rings. The van der Waals surface area contributed by atoms with Crippen LogP contribution in [0.25, 0.3) is 0 Å². The highest BCUT2D eigenvalue weighted by Crippen LogP contribution is 2.13. The molecule has 3 heterocycles. The molecule has 1 unspecified atom stereocenters. The molecule has 0 saturated carbocycles. The van der Waals surface area contributed by atoms with E-state index in [0.717, 1.165) is 44.5 Å². The summed E-state index contributed by atoms with van der Waals surface area (Å²) < 4.78 is 0. The Balaban J connectivity index is 1.43. The molecule has 138 valence electrons. The fraction of sp³-hybridized carbons (Fsp3) is 0.684. The van der Waals surface area contributed by atoms with Gasteiger partial charge in [0.05, 0.1) is 0 Å². The van der Waals surface area contributed by atoms with Crippen LogP contribution in [0.1, 0.15) is 19.8 Å². The van der Waals surface area contributed by atoms with Gasteiger partial charge >= 0.3 is 0 Å². The zero-order valence-corrected chi connectivity index (χ0v) is 15.7. The molecule has 0 aromatic carbocycles. The number of hydrogen-bond acceptors (Lipinski definition) is 4. The predicted molar refractivity (Wildman–Crippen MR) is 104 cm³/mol. The summed E-state index contributed by atoms with van der Waals surface area (Å²) in [5.41, 5.74) is 0. The van der Waals surface area contributed by atoms with Crippen LogP contribution < -0.4 is 10.2 Å². The van der Waals surface area contributed by atoms with E-state index < -0.39 is 0 Å². The normalized spacial score (nSPS) is 20.8. The summed E-state index contributed by atoms with van der Waals surface area (Å²) in [6.45, 7) is 11.0. The molecule has 25 heavy (non-hydrogen) atoms. The maximum Gasteiger partial charge on any atom is 0.193 e. The Labute approximate surface area is 151 Å². The Morgan fingerprint density at radius 1 is 1.16 bits per heavy atom. The minimum Gasteiger partial charge on any atom is -0.356 e. The molecule has 3 rings (SSSR count). The molecule has 2 aliphatic rings. The highest BCUT2D eigenvalue weighted by molar-refractivity contribution is 5.80. The summed E-state index contributed by atoms with van der Waals surface area (Å²) in [6, 6.07) is 6.11. The van der Waals surface area contributed by atoms with Crippen molar-refractivity contribution in [3.8, 4) is 0 Å². The molecular weight excluding hydrogens is 312 g/mol. The van der Waals surface area contributed by atoms with Gasteiger partial charge in [-0.15, -0.1) is 0 Å². The molecule has 1 aromatic heterocycles. The number of aromatic nitrogens is 1. The SMILES string of the molecule is CN=C(NCC(C)CN1CCCC1)N1CCN(c2ccccn2)CC1. The van der Waals surface area contributed by atoms with Crippen LogP contribution in [0.2, 0.25) is 0 Å². The van der Waals surface area contributed by atoms with Gasteiger partial charge in [-0.3, -0.25) is 4.99 Å². The van der Waals surface area contributed by atoms with E-state index in [9.17, 15) is 0 Å². The largest absolute Gasteiger partial charge is 0.356 e. The van der Waals surface area contributed by atoms with Crippen molar-refractivity contribution in [3.63, 3.8) is 0 Å². The lowest BCUT2D eigenvalue weighted by molar-refractivity contribution is 0.285. The van der Waals surface area contributed by atoms with Crippen LogP contribution >= 0.6 is 0 Å². The summed E-state index contributed by atoms with van der Waals surface area (Å²) in [6.07, 6.45) is 4.59. The van der Waals surface area contributed by atoms with Crippen LogP contribution in [-0.4, -0.2) is 80.1 Å². The topological polar surface area (TPSA) is 47.0 Å². The summed E-state index contributed by atoms with van der Waals surface area (Å²) in [7, 11) is 1.89. The molecule has 0 aliphatic carbocycles. The lowest BCUT2D eigenvalue weighted by Crippen LogP contribution is -2.53. The number of nitrogens with one attached hydrogen (secondary N) is 1. The molecule has 6 nitrogen and oxygen atoms in total. The van der Waals surface area contributed by atoms with Crippen molar-refractivity contribution in [3.05, 3.63) is 24.4 Å².